The summed E-state index contributed by atoms with van der Waals surface area (Å²) < 4.78 is 0. The minimum absolute atomic E-state index is 0.152. The lowest BCUT2D eigenvalue weighted by atomic mass is 9.63. The third-order valence-electron chi connectivity index (χ3n) is 7.63. The molecule has 4 heteroatoms. The molecule has 0 aliphatic rings. The fraction of sp³-hybridized carbons (Fsp3) is 0.438. The second-order valence-corrected chi connectivity index (χ2v) is 10.4. The molecule has 194 valence electrons. The van der Waals surface area contributed by atoms with Crippen molar-refractivity contribution in [3.63, 3.8) is 0 Å². The molecule has 3 rings (SSSR count). The highest BCUT2D eigenvalue weighted by Gasteiger charge is 2.39. The number of phenolic OH excluding ortho intramolecular Hbond substituents is 4. The Bertz CT molecular complexity index is 1140. The van der Waals surface area contributed by atoms with E-state index >= 15 is 0 Å². The first-order valence-electron chi connectivity index (χ1n) is 13.3. The maximum Gasteiger partial charge on any atom is 0.157 e. The van der Waals surface area contributed by atoms with Crippen LogP contribution in [0, 0.1) is 27.7 Å². The topological polar surface area (TPSA) is 80.9 Å². The summed E-state index contributed by atoms with van der Waals surface area (Å²) in [5, 5.41) is 41.6. The second-order valence-electron chi connectivity index (χ2n) is 10.4. The number of rotatable bonds is 11. The van der Waals surface area contributed by atoms with Crippen molar-refractivity contribution >= 4 is 0 Å². The smallest absolute Gasteiger partial charge is 0.157 e. The lowest BCUT2D eigenvalue weighted by Crippen LogP contribution is -2.32. The molecule has 0 amide bonds. The van der Waals surface area contributed by atoms with Crippen molar-refractivity contribution in [3.05, 3.63) is 81.4 Å². The molecule has 0 heterocycles. The van der Waals surface area contributed by atoms with E-state index < -0.39 is 5.41 Å². The van der Waals surface area contributed by atoms with Gasteiger partial charge in [-0.3, -0.25) is 0 Å². The van der Waals surface area contributed by atoms with E-state index in [1.54, 1.807) is 12.1 Å². The predicted octanol–water partition coefficient (Wildman–Crippen LogP) is 8.22. The first-order chi connectivity index (χ1) is 17.1. The van der Waals surface area contributed by atoms with Crippen molar-refractivity contribution in [1.82, 2.24) is 0 Å². The summed E-state index contributed by atoms with van der Waals surface area (Å²) in [5.41, 5.74) is 5.85. The fourth-order valence-electron chi connectivity index (χ4n) is 5.53. The maximum atomic E-state index is 10.6. The summed E-state index contributed by atoms with van der Waals surface area (Å²) in [5.74, 6) is 0.208. The van der Waals surface area contributed by atoms with Gasteiger partial charge in [0.05, 0.1) is 0 Å². The van der Waals surface area contributed by atoms with Gasteiger partial charge in [0.15, 0.2) is 11.5 Å². The lowest BCUT2D eigenvalue weighted by Gasteiger charge is -2.39. The van der Waals surface area contributed by atoms with Crippen LogP contribution < -0.4 is 0 Å². The minimum Gasteiger partial charge on any atom is -0.508 e. The average molecular weight is 491 g/mol. The van der Waals surface area contributed by atoms with Gasteiger partial charge in [-0.25, -0.2) is 0 Å². The Morgan fingerprint density at radius 2 is 1.03 bits per heavy atom. The molecule has 0 unspecified atom stereocenters. The van der Waals surface area contributed by atoms with E-state index in [0.717, 1.165) is 58.2 Å². The fourth-order valence-corrected chi connectivity index (χ4v) is 5.53. The Morgan fingerprint density at radius 3 is 1.53 bits per heavy atom. The number of benzene rings is 3. The predicted molar refractivity (Wildman–Crippen MR) is 147 cm³/mol. The van der Waals surface area contributed by atoms with Crippen molar-refractivity contribution in [2.24, 2.45) is 0 Å². The van der Waals surface area contributed by atoms with Crippen LogP contribution in [0.3, 0.4) is 0 Å². The van der Waals surface area contributed by atoms with E-state index in [0.29, 0.717) is 0 Å². The molecular formula is C32H42O4. The third-order valence-corrected chi connectivity index (χ3v) is 7.63. The van der Waals surface area contributed by atoms with Crippen LogP contribution in [0.25, 0.3) is 0 Å². The van der Waals surface area contributed by atoms with Gasteiger partial charge in [-0.2, -0.15) is 0 Å². The molecule has 0 radical (unpaired) electrons. The summed E-state index contributed by atoms with van der Waals surface area (Å²) in [6, 6.07) is 12.8. The number of unbranched alkanes of at least 4 members (excludes halogenated alkanes) is 6. The van der Waals surface area contributed by atoms with Gasteiger partial charge in [0.1, 0.15) is 11.5 Å². The Kier molecular flexibility index (Phi) is 8.94. The third kappa shape index (κ3) is 5.64. The number of aromatic hydroxyl groups is 4. The average Bonchev–Trinajstić information content (AvgIpc) is 2.83. The van der Waals surface area contributed by atoms with Crippen LogP contribution in [0.4, 0.5) is 0 Å². The summed E-state index contributed by atoms with van der Waals surface area (Å²) in [6.45, 7) is 10.1. The van der Waals surface area contributed by atoms with E-state index in [1.807, 2.05) is 45.9 Å². The normalized spacial score (nSPS) is 11.7. The van der Waals surface area contributed by atoms with Crippen LogP contribution >= 0.6 is 0 Å². The van der Waals surface area contributed by atoms with E-state index in [4.69, 9.17) is 0 Å². The first kappa shape index (κ1) is 27.4. The Hall–Kier alpha value is -3.14. The summed E-state index contributed by atoms with van der Waals surface area (Å²) in [4.78, 5) is 0. The molecule has 36 heavy (non-hydrogen) atoms. The molecule has 3 aromatic carbocycles. The highest BCUT2D eigenvalue weighted by atomic mass is 16.3. The molecule has 0 saturated carbocycles. The molecule has 4 nitrogen and oxygen atoms in total. The molecule has 0 aliphatic heterocycles. The summed E-state index contributed by atoms with van der Waals surface area (Å²) in [7, 11) is 0. The van der Waals surface area contributed by atoms with Gasteiger partial charge in [0, 0.05) is 5.41 Å². The van der Waals surface area contributed by atoms with Crippen LogP contribution in [0.1, 0.15) is 97.2 Å². The standard InChI is InChI=1S/C32H42O4/c1-6-7-8-9-10-11-12-15-32(25-13-14-28(33)31(36)20-25,26-16-23(4)29(34)18-21(26)2)27-17-24(5)30(35)19-22(27)3/h13-14,16-20,33-36H,6-12,15H2,1-5H3. The highest BCUT2D eigenvalue weighted by molar-refractivity contribution is 5.61. The van der Waals surface area contributed by atoms with E-state index in [9.17, 15) is 20.4 Å². The second kappa shape index (κ2) is 11.7. The van der Waals surface area contributed by atoms with Gasteiger partial charge in [0.25, 0.3) is 0 Å². The van der Waals surface area contributed by atoms with Crippen molar-refractivity contribution in [2.75, 3.05) is 0 Å². The zero-order valence-electron chi connectivity index (χ0n) is 22.5. The molecule has 0 saturated heterocycles. The maximum absolute atomic E-state index is 10.6. The van der Waals surface area contributed by atoms with Gasteiger partial charge in [-0.1, -0.05) is 70.1 Å². The Balaban J connectivity index is 2.25. The molecule has 0 bridgehead atoms. The summed E-state index contributed by atoms with van der Waals surface area (Å²) >= 11 is 0. The molecule has 0 aromatic heterocycles. The van der Waals surface area contributed by atoms with E-state index in [-0.39, 0.29) is 23.0 Å². The van der Waals surface area contributed by atoms with Gasteiger partial charge in [-0.15, -0.1) is 0 Å². The number of hydrogen-bond donors (Lipinski definition) is 4. The molecular weight excluding hydrogens is 448 g/mol. The molecule has 0 atom stereocenters. The van der Waals surface area contributed by atoms with E-state index in [2.05, 4.69) is 19.1 Å². The van der Waals surface area contributed by atoms with E-state index in [1.165, 1.54) is 32.1 Å². The van der Waals surface area contributed by atoms with Crippen molar-refractivity contribution in [1.29, 1.82) is 0 Å². The van der Waals surface area contributed by atoms with Crippen molar-refractivity contribution < 1.29 is 20.4 Å². The zero-order chi connectivity index (χ0) is 26.5. The van der Waals surface area contributed by atoms with Crippen LogP contribution in [-0.2, 0) is 5.41 Å². The van der Waals surface area contributed by atoms with Gasteiger partial charge >= 0.3 is 0 Å². The van der Waals surface area contributed by atoms with Gasteiger partial charge < -0.3 is 20.4 Å². The SMILES string of the molecule is CCCCCCCCCC(c1ccc(O)c(O)c1)(c1cc(C)c(O)cc1C)c1cc(C)c(O)cc1C. The van der Waals surface area contributed by atoms with Crippen molar-refractivity contribution in [2.45, 2.75) is 91.4 Å². The first-order valence-corrected chi connectivity index (χ1v) is 13.3. The van der Waals surface area contributed by atoms with Crippen LogP contribution in [0.5, 0.6) is 23.0 Å². The zero-order valence-corrected chi connectivity index (χ0v) is 22.5. The number of phenols is 4. The molecule has 4 N–H and O–H groups in total. The molecule has 0 aliphatic carbocycles. The largest absolute Gasteiger partial charge is 0.508 e. The molecule has 3 aromatic rings. The highest BCUT2D eigenvalue weighted by Crippen LogP contribution is 2.49. The van der Waals surface area contributed by atoms with Gasteiger partial charge in [0.2, 0.25) is 0 Å². The summed E-state index contributed by atoms with van der Waals surface area (Å²) in [6.07, 6.45) is 9.05. The van der Waals surface area contributed by atoms with Crippen LogP contribution in [0.15, 0.2) is 42.5 Å². The molecule has 0 spiro atoms. The van der Waals surface area contributed by atoms with Gasteiger partial charge in [-0.05, 0) is 97.3 Å². The van der Waals surface area contributed by atoms with Crippen LogP contribution in [0.2, 0.25) is 0 Å². The van der Waals surface area contributed by atoms with Crippen molar-refractivity contribution in [3.8, 4) is 23.0 Å². The minimum atomic E-state index is -0.639. The van der Waals surface area contributed by atoms with Crippen LogP contribution in [-0.4, -0.2) is 20.4 Å². The lowest BCUT2D eigenvalue weighted by molar-refractivity contribution is 0.401. The number of aryl methyl sites for hydroxylation is 4. The monoisotopic (exact) mass is 490 g/mol. The quantitative estimate of drug-likeness (QED) is 0.124. The molecule has 0 fully saturated rings. The Labute approximate surface area is 216 Å². The Morgan fingerprint density at radius 1 is 0.528 bits per heavy atom. The number of hydrogen-bond acceptors (Lipinski definition) is 4.